The largest absolute Gasteiger partial charge is 0.356 e. The van der Waals surface area contributed by atoms with E-state index in [0.717, 1.165) is 25.0 Å². The third kappa shape index (κ3) is 2.68. The average molecular weight is 180 g/mol. The van der Waals surface area contributed by atoms with E-state index in [4.69, 9.17) is 5.41 Å². The van der Waals surface area contributed by atoms with E-state index in [-0.39, 0.29) is 11.8 Å². The van der Waals surface area contributed by atoms with Crippen LogP contribution in [0.5, 0.6) is 0 Å². The first-order valence-electron chi connectivity index (χ1n) is 4.62. The highest BCUT2D eigenvalue weighted by Gasteiger charge is 2.22. The molecule has 0 spiro atoms. The molecule has 0 aromatic carbocycles. The lowest BCUT2D eigenvalue weighted by atomic mass is 9.91. The van der Waals surface area contributed by atoms with Crippen LogP contribution in [-0.2, 0) is 4.79 Å². The molecule has 1 atom stereocenters. The SMILES string of the molecule is C=C(C)C(=N)C[C@H]1CCCNC1=O. The molecule has 1 saturated heterocycles. The number of rotatable bonds is 3. The van der Waals surface area contributed by atoms with Crippen LogP contribution in [0.15, 0.2) is 12.2 Å². The van der Waals surface area contributed by atoms with Gasteiger partial charge in [-0.2, -0.15) is 0 Å². The lowest BCUT2D eigenvalue weighted by Gasteiger charge is -2.21. The Hall–Kier alpha value is -1.12. The second kappa shape index (κ2) is 4.21. The van der Waals surface area contributed by atoms with Crippen LogP contribution in [0.1, 0.15) is 26.2 Å². The van der Waals surface area contributed by atoms with Gasteiger partial charge in [-0.25, -0.2) is 0 Å². The van der Waals surface area contributed by atoms with Crippen molar-refractivity contribution in [2.24, 2.45) is 5.92 Å². The molecular weight excluding hydrogens is 164 g/mol. The minimum absolute atomic E-state index is 0.00190. The Bertz CT molecular complexity index is 245. The van der Waals surface area contributed by atoms with Gasteiger partial charge in [-0.05, 0) is 25.3 Å². The van der Waals surface area contributed by atoms with Crippen LogP contribution >= 0.6 is 0 Å². The van der Waals surface area contributed by atoms with Crippen molar-refractivity contribution >= 4 is 11.6 Å². The van der Waals surface area contributed by atoms with Gasteiger partial charge < -0.3 is 10.7 Å². The van der Waals surface area contributed by atoms with Crippen LogP contribution in [0, 0.1) is 11.3 Å². The molecule has 1 rings (SSSR count). The molecule has 3 heteroatoms. The van der Waals surface area contributed by atoms with Gasteiger partial charge in [0.15, 0.2) is 0 Å². The van der Waals surface area contributed by atoms with Crippen molar-refractivity contribution in [1.82, 2.24) is 5.32 Å². The maximum atomic E-state index is 11.3. The van der Waals surface area contributed by atoms with E-state index in [1.165, 1.54) is 0 Å². The fourth-order valence-corrected chi connectivity index (χ4v) is 1.45. The summed E-state index contributed by atoms with van der Waals surface area (Å²) in [5.41, 5.74) is 1.26. The zero-order valence-electron chi connectivity index (χ0n) is 8.02. The maximum Gasteiger partial charge on any atom is 0.223 e. The highest BCUT2D eigenvalue weighted by atomic mass is 16.1. The topological polar surface area (TPSA) is 53.0 Å². The van der Waals surface area contributed by atoms with Gasteiger partial charge in [0.2, 0.25) is 5.91 Å². The molecule has 2 N–H and O–H groups in total. The summed E-state index contributed by atoms with van der Waals surface area (Å²) in [6, 6.07) is 0. The van der Waals surface area contributed by atoms with E-state index in [9.17, 15) is 4.79 Å². The zero-order chi connectivity index (χ0) is 9.84. The van der Waals surface area contributed by atoms with Crippen molar-refractivity contribution in [2.75, 3.05) is 6.54 Å². The van der Waals surface area contributed by atoms with E-state index in [1.807, 2.05) is 6.92 Å². The van der Waals surface area contributed by atoms with Crippen molar-refractivity contribution in [3.05, 3.63) is 12.2 Å². The Morgan fingerprint density at radius 3 is 3.00 bits per heavy atom. The van der Waals surface area contributed by atoms with Gasteiger partial charge in [0.1, 0.15) is 0 Å². The number of carbonyl (C=O) groups is 1. The molecule has 13 heavy (non-hydrogen) atoms. The van der Waals surface area contributed by atoms with Gasteiger partial charge in [0.25, 0.3) is 0 Å². The number of nitrogens with one attached hydrogen (secondary N) is 2. The molecule has 72 valence electrons. The van der Waals surface area contributed by atoms with Crippen LogP contribution in [0.4, 0.5) is 0 Å². The first-order chi connectivity index (χ1) is 6.11. The van der Waals surface area contributed by atoms with Crippen LogP contribution in [0.3, 0.4) is 0 Å². The Morgan fingerprint density at radius 1 is 1.77 bits per heavy atom. The summed E-state index contributed by atoms with van der Waals surface area (Å²) in [4.78, 5) is 11.3. The molecule has 0 bridgehead atoms. The predicted octanol–water partition coefficient (Wildman–Crippen LogP) is 1.50. The quantitative estimate of drug-likeness (QED) is 0.635. The minimum Gasteiger partial charge on any atom is -0.356 e. The molecule has 0 aliphatic carbocycles. The third-order valence-electron chi connectivity index (χ3n) is 2.37. The Kier molecular flexibility index (Phi) is 3.23. The van der Waals surface area contributed by atoms with Crippen LogP contribution in [0.25, 0.3) is 0 Å². The van der Waals surface area contributed by atoms with Gasteiger partial charge in [-0.15, -0.1) is 0 Å². The van der Waals surface area contributed by atoms with Crippen LogP contribution in [-0.4, -0.2) is 18.2 Å². The Balaban J connectivity index is 2.47. The normalized spacial score (nSPS) is 22.2. The average Bonchev–Trinajstić information content (AvgIpc) is 2.08. The van der Waals surface area contributed by atoms with E-state index < -0.39 is 0 Å². The summed E-state index contributed by atoms with van der Waals surface area (Å²) in [5.74, 6) is 0.0928. The Morgan fingerprint density at radius 2 is 2.46 bits per heavy atom. The van der Waals surface area contributed by atoms with Crippen molar-refractivity contribution in [3.63, 3.8) is 0 Å². The van der Waals surface area contributed by atoms with Crippen molar-refractivity contribution in [1.29, 1.82) is 5.41 Å². The fraction of sp³-hybridized carbons (Fsp3) is 0.600. The van der Waals surface area contributed by atoms with E-state index in [1.54, 1.807) is 0 Å². The van der Waals surface area contributed by atoms with E-state index in [0.29, 0.717) is 12.1 Å². The van der Waals surface area contributed by atoms with E-state index >= 15 is 0 Å². The molecule has 0 unspecified atom stereocenters. The number of carbonyl (C=O) groups excluding carboxylic acids is 1. The fourth-order valence-electron chi connectivity index (χ4n) is 1.45. The molecule has 1 aliphatic rings. The summed E-state index contributed by atoms with van der Waals surface area (Å²) in [5, 5.41) is 10.4. The molecule has 0 saturated carbocycles. The lowest BCUT2D eigenvalue weighted by Crippen LogP contribution is -2.37. The predicted molar refractivity (Wildman–Crippen MR) is 52.9 cm³/mol. The first kappa shape index (κ1) is 9.96. The smallest absolute Gasteiger partial charge is 0.223 e. The van der Waals surface area contributed by atoms with Crippen LogP contribution in [0.2, 0.25) is 0 Å². The monoisotopic (exact) mass is 180 g/mol. The molecular formula is C10H16N2O. The standard InChI is InChI=1S/C10H16N2O/c1-7(2)9(11)6-8-4-3-5-12-10(8)13/h8,11H,1,3-6H2,2H3,(H,12,13)/t8-/m1/s1. The molecule has 0 aromatic heterocycles. The lowest BCUT2D eigenvalue weighted by molar-refractivity contribution is -0.126. The van der Waals surface area contributed by atoms with Crippen molar-refractivity contribution in [3.8, 4) is 0 Å². The molecule has 1 fully saturated rings. The second-order valence-corrected chi connectivity index (χ2v) is 3.59. The summed E-state index contributed by atoms with van der Waals surface area (Å²) < 4.78 is 0. The van der Waals surface area contributed by atoms with Crippen LogP contribution < -0.4 is 5.32 Å². The zero-order valence-corrected chi connectivity index (χ0v) is 8.02. The van der Waals surface area contributed by atoms with Gasteiger partial charge in [-0.1, -0.05) is 6.58 Å². The molecule has 0 aromatic rings. The van der Waals surface area contributed by atoms with E-state index in [2.05, 4.69) is 11.9 Å². The second-order valence-electron chi connectivity index (χ2n) is 3.59. The molecule has 3 nitrogen and oxygen atoms in total. The summed E-state index contributed by atoms with van der Waals surface area (Å²) in [7, 11) is 0. The molecule has 1 aliphatic heterocycles. The first-order valence-corrected chi connectivity index (χ1v) is 4.62. The summed E-state index contributed by atoms with van der Waals surface area (Å²) >= 11 is 0. The highest BCUT2D eigenvalue weighted by Crippen LogP contribution is 2.17. The van der Waals surface area contributed by atoms with Gasteiger partial charge >= 0.3 is 0 Å². The highest BCUT2D eigenvalue weighted by molar-refractivity contribution is 5.99. The summed E-state index contributed by atoms with van der Waals surface area (Å²) in [6.07, 6.45) is 2.47. The molecule has 1 amide bonds. The number of hydrogen-bond donors (Lipinski definition) is 2. The number of hydrogen-bond acceptors (Lipinski definition) is 2. The molecule has 0 radical (unpaired) electrons. The van der Waals surface area contributed by atoms with Crippen molar-refractivity contribution in [2.45, 2.75) is 26.2 Å². The van der Waals surface area contributed by atoms with Gasteiger partial charge in [0, 0.05) is 24.6 Å². The number of piperidine rings is 1. The molecule has 1 heterocycles. The van der Waals surface area contributed by atoms with Crippen molar-refractivity contribution < 1.29 is 4.79 Å². The van der Waals surface area contributed by atoms with Gasteiger partial charge in [-0.3, -0.25) is 4.79 Å². The number of allylic oxidation sites excluding steroid dienone is 1. The Labute approximate surface area is 78.7 Å². The minimum atomic E-state index is -0.00190. The maximum absolute atomic E-state index is 11.3. The number of amides is 1. The summed E-state index contributed by atoms with van der Waals surface area (Å²) in [6.45, 7) is 6.29. The van der Waals surface area contributed by atoms with Gasteiger partial charge in [0.05, 0.1) is 0 Å². The third-order valence-corrected chi connectivity index (χ3v) is 2.37.